The third kappa shape index (κ3) is 3.07. The van der Waals surface area contributed by atoms with E-state index in [1.807, 2.05) is 0 Å². The number of rotatable bonds is 2. The summed E-state index contributed by atoms with van der Waals surface area (Å²) >= 11 is 0. The summed E-state index contributed by atoms with van der Waals surface area (Å²) in [6.45, 7) is 0.329. The maximum absolute atomic E-state index is 13.1. The number of amides is 1. The van der Waals surface area contributed by atoms with Gasteiger partial charge in [0.05, 0.1) is 24.7 Å². The van der Waals surface area contributed by atoms with Crippen LogP contribution in [0.4, 0.5) is 23.2 Å². The van der Waals surface area contributed by atoms with Crippen molar-refractivity contribution < 1.29 is 27.1 Å². The highest BCUT2D eigenvalue weighted by Gasteiger charge is 2.35. The third-order valence-electron chi connectivity index (χ3n) is 3.00. The fraction of sp³-hybridized carbons (Fsp3) is 0.417. The summed E-state index contributed by atoms with van der Waals surface area (Å²) in [4.78, 5) is 11.8. The number of hydrogen-bond acceptors (Lipinski definition) is 3. The van der Waals surface area contributed by atoms with Crippen LogP contribution >= 0.6 is 0 Å². The quantitative estimate of drug-likeness (QED) is 0.816. The van der Waals surface area contributed by atoms with Gasteiger partial charge in [0.1, 0.15) is 5.82 Å². The molecule has 0 aromatic heterocycles. The number of anilines is 1. The number of halogens is 4. The van der Waals surface area contributed by atoms with Crippen molar-refractivity contribution in [1.82, 2.24) is 0 Å². The van der Waals surface area contributed by atoms with Gasteiger partial charge in [0.2, 0.25) is 5.91 Å². The summed E-state index contributed by atoms with van der Waals surface area (Å²) in [5.41, 5.74) is 4.07. The smallest absolute Gasteiger partial charge is 0.379 e. The van der Waals surface area contributed by atoms with Crippen LogP contribution in [-0.4, -0.2) is 25.2 Å². The van der Waals surface area contributed by atoms with Crippen LogP contribution < -0.4 is 11.1 Å². The van der Waals surface area contributed by atoms with E-state index in [1.54, 1.807) is 0 Å². The number of benzene rings is 1. The zero-order valence-corrected chi connectivity index (χ0v) is 10.2. The maximum atomic E-state index is 13.1. The van der Waals surface area contributed by atoms with E-state index in [2.05, 4.69) is 5.32 Å². The minimum atomic E-state index is -4.82. The van der Waals surface area contributed by atoms with Gasteiger partial charge in [-0.3, -0.25) is 4.79 Å². The molecule has 1 heterocycles. The number of ether oxygens (including phenoxy) is 1. The fourth-order valence-electron chi connectivity index (χ4n) is 1.90. The number of nitrogens with two attached hydrogens (primary N) is 1. The SMILES string of the molecule is NC1COCC1C(=O)Nc1ccc(F)c(C(F)(F)F)c1. The fourth-order valence-corrected chi connectivity index (χ4v) is 1.90. The van der Waals surface area contributed by atoms with Crippen molar-refractivity contribution in [2.45, 2.75) is 12.2 Å². The van der Waals surface area contributed by atoms with Gasteiger partial charge in [0.15, 0.2) is 0 Å². The minimum Gasteiger partial charge on any atom is -0.379 e. The molecule has 2 atom stereocenters. The maximum Gasteiger partial charge on any atom is 0.419 e. The molecule has 3 N–H and O–H groups in total. The molecule has 1 aliphatic heterocycles. The zero-order chi connectivity index (χ0) is 14.9. The summed E-state index contributed by atoms with van der Waals surface area (Å²) in [5, 5.41) is 2.29. The molecule has 2 rings (SSSR count). The van der Waals surface area contributed by atoms with Gasteiger partial charge in [-0.2, -0.15) is 13.2 Å². The molecule has 8 heteroatoms. The first-order valence-electron chi connectivity index (χ1n) is 5.80. The lowest BCUT2D eigenvalue weighted by Gasteiger charge is -2.15. The molecule has 1 saturated heterocycles. The van der Waals surface area contributed by atoms with Crippen LogP contribution in [0.15, 0.2) is 18.2 Å². The Kier molecular flexibility index (Phi) is 3.96. The number of hydrogen-bond donors (Lipinski definition) is 2. The summed E-state index contributed by atoms with van der Waals surface area (Å²) in [6.07, 6.45) is -4.82. The van der Waals surface area contributed by atoms with Gasteiger partial charge < -0.3 is 15.8 Å². The number of carbonyl (C=O) groups is 1. The average molecular weight is 292 g/mol. The van der Waals surface area contributed by atoms with E-state index < -0.39 is 35.4 Å². The Morgan fingerprint density at radius 3 is 2.60 bits per heavy atom. The van der Waals surface area contributed by atoms with E-state index in [1.165, 1.54) is 0 Å². The predicted octanol–water partition coefficient (Wildman–Crippen LogP) is 1.76. The molecule has 0 spiro atoms. The molecule has 20 heavy (non-hydrogen) atoms. The molecule has 1 amide bonds. The van der Waals surface area contributed by atoms with Gasteiger partial charge in [-0.05, 0) is 18.2 Å². The van der Waals surface area contributed by atoms with Crippen LogP contribution in [0, 0.1) is 11.7 Å². The molecule has 110 valence electrons. The second kappa shape index (κ2) is 5.37. The van der Waals surface area contributed by atoms with E-state index in [0.29, 0.717) is 12.1 Å². The van der Waals surface area contributed by atoms with E-state index in [-0.39, 0.29) is 18.9 Å². The molecule has 4 nitrogen and oxygen atoms in total. The lowest BCUT2D eigenvalue weighted by molar-refractivity contribution is -0.140. The molecule has 1 aromatic rings. The number of carbonyl (C=O) groups excluding carboxylic acids is 1. The summed E-state index contributed by atoms with van der Waals surface area (Å²) < 4.78 is 55.7. The second-order valence-electron chi connectivity index (χ2n) is 4.49. The molecule has 0 saturated carbocycles. The van der Waals surface area contributed by atoms with Crippen molar-refractivity contribution >= 4 is 11.6 Å². The Morgan fingerprint density at radius 2 is 2.05 bits per heavy atom. The first kappa shape index (κ1) is 14.7. The Hall–Kier alpha value is -1.67. The first-order chi connectivity index (χ1) is 9.29. The normalized spacial score (nSPS) is 22.9. The summed E-state index contributed by atoms with van der Waals surface area (Å²) in [6, 6.07) is 1.76. The first-order valence-corrected chi connectivity index (χ1v) is 5.80. The van der Waals surface area contributed by atoms with Crippen LogP contribution in [0.2, 0.25) is 0 Å². The molecule has 0 aliphatic carbocycles. The lowest BCUT2D eigenvalue weighted by atomic mass is 10.0. The Morgan fingerprint density at radius 1 is 1.35 bits per heavy atom. The van der Waals surface area contributed by atoms with Crippen molar-refractivity contribution in [3.05, 3.63) is 29.6 Å². The van der Waals surface area contributed by atoms with Crippen molar-refractivity contribution in [3.63, 3.8) is 0 Å². The standard InChI is InChI=1S/C12H12F4N2O2/c13-9-2-1-6(3-8(9)12(14,15)16)18-11(19)7-4-20-5-10(7)17/h1-3,7,10H,4-5,17H2,(H,18,19). The molecular formula is C12H12F4N2O2. The topological polar surface area (TPSA) is 64.3 Å². The van der Waals surface area contributed by atoms with Crippen molar-refractivity contribution in [3.8, 4) is 0 Å². The molecule has 0 bridgehead atoms. The van der Waals surface area contributed by atoms with Gasteiger partial charge in [-0.15, -0.1) is 0 Å². The van der Waals surface area contributed by atoms with Crippen LogP contribution in [0.1, 0.15) is 5.56 Å². The third-order valence-corrected chi connectivity index (χ3v) is 3.00. The van der Waals surface area contributed by atoms with E-state index in [0.717, 1.165) is 6.07 Å². The second-order valence-corrected chi connectivity index (χ2v) is 4.49. The Balaban J connectivity index is 2.16. The van der Waals surface area contributed by atoms with Gasteiger partial charge in [0.25, 0.3) is 0 Å². The number of nitrogens with one attached hydrogen (secondary N) is 1. The minimum absolute atomic E-state index is 0.111. The molecular weight excluding hydrogens is 280 g/mol. The summed E-state index contributed by atoms with van der Waals surface area (Å²) in [5.74, 6) is -2.57. The van der Waals surface area contributed by atoms with Gasteiger partial charge in [0, 0.05) is 11.7 Å². The van der Waals surface area contributed by atoms with Crippen molar-refractivity contribution in [2.24, 2.45) is 11.7 Å². The van der Waals surface area contributed by atoms with Gasteiger partial charge >= 0.3 is 6.18 Å². The molecule has 0 radical (unpaired) electrons. The largest absolute Gasteiger partial charge is 0.419 e. The summed E-state index contributed by atoms with van der Waals surface area (Å²) in [7, 11) is 0. The van der Waals surface area contributed by atoms with Gasteiger partial charge in [-0.1, -0.05) is 0 Å². The Labute approximate surface area is 111 Å². The molecule has 2 unspecified atom stereocenters. The van der Waals surface area contributed by atoms with Crippen molar-refractivity contribution in [1.29, 1.82) is 0 Å². The monoisotopic (exact) mass is 292 g/mol. The van der Waals surface area contributed by atoms with Crippen LogP contribution in [0.3, 0.4) is 0 Å². The van der Waals surface area contributed by atoms with Crippen LogP contribution in [0.5, 0.6) is 0 Å². The van der Waals surface area contributed by atoms with E-state index >= 15 is 0 Å². The molecule has 1 fully saturated rings. The zero-order valence-electron chi connectivity index (χ0n) is 10.2. The highest BCUT2D eigenvalue weighted by molar-refractivity contribution is 5.93. The lowest BCUT2D eigenvalue weighted by Crippen LogP contribution is -2.37. The van der Waals surface area contributed by atoms with Crippen LogP contribution in [0.25, 0.3) is 0 Å². The van der Waals surface area contributed by atoms with Gasteiger partial charge in [-0.25, -0.2) is 4.39 Å². The Bertz CT molecular complexity index is 519. The van der Waals surface area contributed by atoms with E-state index in [4.69, 9.17) is 10.5 Å². The molecule has 1 aliphatic rings. The average Bonchev–Trinajstić information content (AvgIpc) is 2.76. The predicted molar refractivity (Wildman–Crippen MR) is 62.3 cm³/mol. The van der Waals surface area contributed by atoms with Crippen molar-refractivity contribution in [2.75, 3.05) is 18.5 Å². The van der Waals surface area contributed by atoms with E-state index in [9.17, 15) is 22.4 Å². The highest BCUT2D eigenvalue weighted by Crippen LogP contribution is 2.33. The highest BCUT2D eigenvalue weighted by atomic mass is 19.4. The van der Waals surface area contributed by atoms with Crippen LogP contribution in [-0.2, 0) is 15.7 Å². The molecule has 1 aromatic carbocycles. The number of alkyl halides is 3.